The van der Waals surface area contributed by atoms with Crippen LogP contribution in [0.5, 0.6) is 0 Å². The number of carbonyl (C=O) groups excluding carboxylic acids is 1. The molecule has 0 spiro atoms. The molecule has 3 aromatic rings. The van der Waals surface area contributed by atoms with Gasteiger partial charge < -0.3 is 15.2 Å². The third-order valence-corrected chi connectivity index (χ3v) is 3.60. The smallest absolute Gasteiger partial charge is 0.339 e. The Morgan fingerprint density at radius 1 is 1.33 bits per heavy atom. The van der Waals surface area contributed by atoms with Gasteiger partial charge in [0.2, 0.25) is 0 Å². The number of carbonyl (C=O) groups is 2. The minimum absolute atomic E-state index is 0.160. The third kappa shape index (κ3) is 2.65. The number of nitrogens with zero attached hydrogens (tertiary/aromatic N) is 3. The van der Waals surface area contributed by atoms with Gasteiger partial charge in [-0.2, -0.15) is 5.10 Å². The first-order chi connectivity index (χ1) is 11.5. The molecular formula is C16H14N4O4. The molecular weight excluding hydrogens is 312 g/mol. The van der Waals surface area contributed by atoms with E-state index in [4.69, 9.17) is 9.84 Å². The summed E-state index contributed by atoms with van der Waals surface area (Å²) in [5.74, 6) is -1.02. The molecule has 3 rings (SSSR count). The molecule has 0 atom stereocenters. The van der Waals surface area contributed by atoms with E-state index in [9.17, 15) is 9.59 Å². The molecule has 2 heterocycles. The van der Waals surface area contributed by atoms with E-state index in [1.807, 2.05) is 0 Å². The van der Waals surface area contributed by atoms with Gasteiger partial charge in [-0.1, -0.05) is 6.07 Å². The number of carboxylic acids is 1. The molecule has 0 saturated carbocycles. The highest BCUT2D eigenvalue weighted by atomic mass is 16.5. The molecule has 0 aliphatic rings. The number of carboxylic acid groups (broad SMARTS) is 1. The van der Waals surface area contributed by atoms with Gasteiger partial charge in [-0.25, -0.2) is 19.1 Å². The fourth-order valence-electron chi connectivity index (χ4n) is 2.43. The summed E-state index contributed by atoms with van der Waals surface area (Å²) in [4.78, 5) is 27.1. The van der Waals surface area contributed by atoms with Crippen molar-refractivity contribution in [2.24, 2.45) is 0 Å². The largest absolute Gasteiger partial charge is 0.478 e. The van der Waals surface area contributed by atoms with Crippen molar-refractivity contribution < 1.29 is 19.4 Å². The van der Waals surface area contributed by atoms with E-state index >= 15 is 0 Å². The Labute approximate surface area is 136 Å². The Morgan fingerprint density at radius 2 is 2.12 bits per heavy atom. The number of rotatable bonds is 4. The van der Waals surface area contributed by atoms with E-state index in [0.717, 1.165) is 0 Å². The van der Waals surface area contributed by atoms with Gasteiger partial charge in [0.1, 0.15) is 11.8 Å². The first-order valence-electron chi connectivity index (χ1n) is 7.03. The molecule has 8 heteroatoms. The van der Waals surface area contributed by atoms with E-state index in [1.165, 1.54) is 30.1 Å². The molecule has 0 aliphatic carbocycles. The summed E-state index contributed by atoms with van der Waals surface area (Å²) in [5, 5.41) is 16.2. The highest BCUT2D eigenvalue weighted by molar-refractivity contribution is 5.95. The van der Waals surface area contributed by atoms with Crippen LogP contribution in [0.2, 0.25) is 0 Å². The zero-order chi connectivity index (χ0) is 17.3. The fourth-order valence-corrected chi connectivity index (χ4v) is 2.43. The summed E-state index contributed by atoms with van der Waals surface area (Å²) in [6.45, 7) is 1.77. The Balaban J connectivity index is 2.07. The zero-order valence-electron chi connectivity index (χ0n) is 13.0. The van der Waals surface area contributed by atoms with Crippen molar-refractivity contribution in [3.63, 3.8) is 0 Å². The molecule has 0 unspecified atom stereocenters. The second kappa shape index (κ2) is 5.99. The van der Waals surface area contributed by atoms with E-state index in [0.29, 0.717) is 28.1 Å². The van der Waals surface area contributed by atoms with E-state index in [2.05, 4.69) is 15.4 Å². The average Bonchev–Trinajstić information content (AvgIpc) is 2.92. The summed E-state index contributed by atoms with van der Waals surface area (Å²) in [6.07, 6.45) is 2.91. The molecule has 2 aromatic heterocycles. The van der Waals surface area contributed by atoms with Crippen LogP contribution in [0.4, 0.5) is 11.5 Å². The second-order valence-electron chi connectivity index (χ2n) is 5.07. The molecule has 0 saturated heterocycles. The van der Waals surface area contributed by atoms with Crippen LogP contribution < -0.4 is 5.32 Å². The van der Waals surface area contributed by atoms with Gasteiger partial charge >= 0.3 is 11.9 Å². The van der Waals surface area contributed by atoms with E-state index in [-0.39, 0.29) is 5.56 Å². The van der Waals surface area contributed by atoms with Crippen molar-refractivity contribution in [3.8, 4) is 0 Å². The Morgan fingerprint density at radius 3 is 2.83 bits per heavy atom. The summed E-state index contributed by atoms with van der Waals surface area (Å²) >= 11 is 0. The Hall–Kier alpha value is -3.42. The molecule has 0 amide bonds. The number of aromatic nitrogens is 3. The number of anilines is 2. The molecule has 0 fully saturated rings. The van der Waals surface area contributed by atoms with Crippen LogP contribution in [0.3, 0.4) is 0 Å². The fraction of sp³-hybridized carbons (Fsp3) is 0.125. The molecule has 0 aliphatic heterocycles. The summed E-state index contributed by atoms with van der Waals surface area (Å²) in [5.41, 5.74) is 2.39. The predicted octanol–water partition coefficient (Wildman–Crippen LogP) is 2.27. The molecule has 1 aromatic carbocycles. The monoisotopic (exact) mass is 326 g/mol. The van der Waals surface area contributed by atoms with Crippen molar-refractivity contribution in [3.05, 3.63) is 53.5 Å². The lowest BCUT2D eigenvalue weighted by Gasteiger charge is -2.08. The van der Waals surface area contributed by atoms with Gasteiger partial charge in [0.15, 0.2) is 5.82 Å². The minimum Gasteiger partial charge on any atom is -0.478 e. The van der Waals surface area contributed by atoms with Crippen LogP contribution >= 0.6 is 0 Å². The molecule has 24 heavy (non-hydrogen) atoms. The van der Waals surface area contributed by atoms with Crippen molar-refractivity contribution in [2.75, 3.05) is 12.4 Å². The van der Waals surface area contributed by atoms with Gasteiger partial charge in [0.25, 0.3) is 0 Å². The molecule has 0 radical (unpaired) electrons. The summed E-state index contributed by atoms with van der Waals surface area (Å²) < 4.78 is 6.29. The predicted molar refractivity (Wildman–Crippen MR) is 85.7 cm³/mol. The molecule has 8 nitrogen and oxygen atoms in total. The number of nitrogens with one attached hydrogen (secondary N) is 1. The van der Waals surface area contributed by atoms with E-state index in [1.54, 1.807) is 25.3 Å². The van der Waals surface area contributed by atoms with Crippen LogP contribution in [-0.4, -0.2) is 38.8 Å². The Kier molecular flexibility index (Phi) is 3.87. The Bertz CT molecular complexity index is 948. The first kappa shape index (κ1) is 15.5. The van der Waals surface area contributed by atoms with Crippen molar-refractivity contribution in [1.29, 1.82) is 0 Å². The quantitative estimate of drug-likeness (QED) is 0.708. The topological polar surface area (TPSA) is 106 Å². The van der Waals surface area contributed by atoms with Crippen molar-refractivity contribution in [2.45, 2.75) is 6.92 Å². The number of ether oxygens (including phenoxy) is 1. The number of hydrogen-bond donors (Lipinski definition) is 2. The van der Waals surface area contributed by atoms with Crippen LogP contribution in [0, 0.1) is 6.92 Å². The average molecular weight is 326 g/mol. The van der Waals surface area contributed by atoms with Crippen LogP contribution in [0.25, 0.3) is 5.52 Å². The number of fused-ring (bicyclic) bond motifs is 1. The number of aromatic carboxylic acids is 1. The van der Waals surface area contributed by atoms with Crippen LogP contribution in [0.15, 0.2) is 36.8 Å². The SMILES string of the molecule is COC(=O)c1cn2ncnc(Nc3cccc(C(=O)O)c3)c2c1C. The molecule has 122 valence electrons. The maximum Gasteiger partial charge on any atom is 0.339 e. The zero-order valence-corrected chi connectivity index (χ0v) is 13.0. The lowest BCUT2D eigenvalue weighted by atomic mass is 10.2. The number of methoxy groups -OCH3 is 1. The van der Waals surface area contributed by atoms with Crippen molar-refractivity contribution in [1.82, 2.24) is 14.6 Å². The molecule has 0 bridgehead atoms. The highest BCUT2D eigenvalue weighted by Gasteiger charge is 2.18. The number of aryl methyl sites for hydroxylation is 1. The van der Waals surface area contributed by atoms with Gasteiger partial charge in [0.05, 0.1) is 18.2 Å². The van der Waals surface area contributed by atoms with Crippen LogP contribution in [0.1, 0.15) is 26.3 Å². The molecule has 2 N–H and O–H groups in total. The van der Waals surface area contributed by atoms with Crippen LogP contribution in [-0.2, 0) is 4.74 Å². The first-order valence-corrected chi connectivity index (χ1v) is 7.03. The summed E-state index contributed by atoms with van der Waals surface area (Å²) in [6, 6.07) is 6.36. The van der Waals surface area contributed by atoms with E-state index < -0.39 is 11.9 Å². The number of esters is 1. The maximum absolute atomic E-state index is 11.8. The van der Waals surface area contributed by atoms with Gasteiger partial charge in [0, 0.05) is 11.9 Å². The highest BCUT2D eigenvalue weighted by Crippen LogP contribution is 2.26. The maximum atomic E-state index is 11.8. The van der Waals surface area contributed by atoms with Gasteiger partial charge in [-0.3, -0.25) is 0 Å². The lowest BCUT2D eigenvalue weighted by Crippen LogP contribution is -2.02. The lowest BCUT2D eigenvalue weighted by molar-refractivity contribution is 0.0599. The number of benzene rings is 1. The number of hydrogen-bond acceptors (Lipinski definition) is 6. The van der Waals surface area contributed by atoms with Gasteiger partial charge in [-0.05, 0) is 30.7 Å². The normalized spacial score (nSPS) is 10.6. The minimum atomic E-state index is -1.02. The van der Waals surface area contributed by atoms with Crippen molar-refractivity contribution >= 4 is 29.0 Å². The van der Waals surface area contributed by atoms with Gasteiger partial charge in [-0.15, -0.1) is 0 Å². The second-order valence-corrected chi connectivity index (χ2v) is 5.07. The standard InChI is InChI=1S/C16H14N4O4/c1-9-12(16(23)24-2)7-20-13(9)14(17-8-18-20)19-11-5-3-4-10(6-11)15(21)22/h3-8H,1-2H3,(H,21,22)(H,17,18,19). The third-order valence-electron chi connectivity index (χ3n) is 3.60. The summed E-state index contributed by atoms with van der Waals surface area (Å²) in [7, 11) is 1.31.